The second kappa shape index (κ2) is 7.75. The number of rotatable bonds is 7. The molecule has 0 aromatic heterocycles. The van der Waals surface area contributed by atoms with Gasteiger partial charge in [0, 0.05) is 10.1 Å². The van der Waals surface area contributed by atoms with Gasteiger partial charge in [-0.2, -0.15) is 0 Å². The van der Waals surface area contributed by atoms with Gasteiger partial charge in [0.05, 0.1) is 7.11 Å². The van der Waals surface area contributed by atoms with Crippen molar-refractivity contribution in [1.82, 2.24) is 5.32 Å². The summed E-state index contributed by atoms with van der Waals surface area (Å²) in [5.74, 6) is -2.06. The lowest BCUT2D eigenvalue weighted by Crippen LogP contribution is -2.51. The predicted octanol–water partition coefficient (Wildman–Crippen LogP) is 3.38. The van der Waals surface area contributed by atoms with Gasteiger partial charge in [0.2, 0.25) is 0 Å². The van der Waals surface area contributed by atoms with Gasteiger partial charge >= 0.3 is 5.97 Å². The van der Waals surface area contributed by atoms with Crippen LogP contribution >= 0.6 is 11.8 Å². The molecule has 0 amide bonds. The highest BCUT2D eigenvalue weighted by Crippen LogP contribution is 2.30. The fraction of sp³-hybridized carbons (Fsp3) is 0.533. The first-order valence-corrected chi connectivity index (χ1v) is 7.65. The summed E-state index contributed by atoms with van der Waals surface area (Å²) in [5.41, 5.74) is -0.797. The summed E-state index contributed by atoms with van der Waals surface area (Å²) in [4.78, 5) is 12.5. The highest BCUT2D eigenvalue weighted by molar-refractivity contribution is 7.99. The van der Waals surface area contributed by atoms with E-state index in [2.05, 4.69) is 5.32 Å². The minimum atomic E-state index is -0.866. The van der Waals surface area contributed by atoms with Crippen LogP contribution in [0.15, 0.2) is 23.1 Å². The average molecular weight is 317 g/mol. The third-order valence-corrected chi connectivity index (χ3v) is 4.22. The second-order valence-corrected chi connectivity index (χ2v) is 6.57. The Balaban J connectivity index is 2.75. The van der Waals surface area contributed by atoms with E-state index >= 15 is 0 Å². The summed E-state index contributed by atoms with van der Waals surface area (Å²) >= 11 is 1.39. The van der Waals surface area contributed by atoms with E-state index in [-0.39, 0.29) is 11.2 Å². The van der Waals surface area contributed by atoms with Gasteiger partial charge in [-0.25, -0.2) is 8.78 Å². The van der Waals surface area contributed by atoms with Gasteiger partial charge in [0.25, 0.3) is 0 Å². The number of likely N-dealkylation sites (N-methyl/N-ethyl adjacent to an activating group) is 1. The third kappa shape index (κ3) is 4.97. The van der Waals surface area contributed by atoms with E-state index in [1.165, 1.54) is 31.0 Å². The van der Waals surface area contributed by atoms with Crippen molar-refractivity contribution in [1.29, 1.82) is 0 Å². The maximum Gasteiger partial charge on any atom is 0.325 e. The lowest BCUT2D eigenvalue weighted by atomic mass is 9.96. The molecule has 0 aliphatic rings. The van der Waals surface area contributed by atoms with Crippen molar-refractivity contribution in [2.24, 2.45) is 0 Å². The summed E-state index contributed by atoms with van der Waals surface area (Å²) in [6.07, 6.45) is 0.511. The Morgan fingerprint density at radius 3 is 2.62 bits per heavy atom. The number of halogens is 2. The number of hydrogen-bond donors (Lipinski definition) is 1. The number of carbonyl (C=O) groups is 1. The number of nitrogens with one attached hydrogen (secondary N) is 1. The van der Waals surface area contributed by atoms with Crippen LogP contribution in [0.2, 0.25) is 0 Å². The van der Waals surface area contributed by atoms with E-state index in [4.69, 9.17) is 4.74 Å². The molecule has 2 unspecified atom stereocenters. The van der Waals surface area contributed by atoms with Gasteiger partial charge in [-0.1, -0.05) is 13.8 Å². The molecule has 1 N–H and O–H groups in total. The molecule has 0 bridgehead atoms. The summed E-state index contributed by atoms with van der Waals surface area (Å²) in [7, 11) is 1.35. The van der Waals surface area contributed by atoms with Crippen LogP contribution < -0.4 is 5.32 Å². The summed E-state index contributed by atoms with van der Waals surface area (Å²) in [6, 6.07) is 3.80. The molecule has 21 heavy (non-hydrogen) atoms. The Morgan fingerprint density at radius 1 is 1.43 bits per heavy atom. The van der Waals surface area contributed by atoms with Crippen molar-refractivity contribution >= 4 is 17.7 Å². The smallest absolute Gasteiger partial charge is 0.325 e. The number of esters is 1. The molecular weight excluding hydrogens is 296 g/mol. The topological polar surface area (TPSA) is 38.3 Å². The lowest BCUT2D eigenvalue weighted by molar-refractivity contribution is -0.148. The monoisotopic (exact) mass is 317 g/mol. The molecule has 0 fully saturated rings. The zero-order valence-electron chi connectivity index (χ0n) is 12.7. The molecule has 0 aliphatic carbocycles. The van der Waals surface area contributed by atoms with Crippen LogP contribution in [0.3, 0.4) is 0 Å². The maximum absolute atomic E-state index is 13.2. The molecule has 0 saturated carbocycles. The number of benzene rings is 1. The lowest BCUT2D eigenvalue weighted by Gasteiger charge is -2.30. The first-order valence-electron chi connectivity index (χ1n) is 6.77. The molecule has 3 nitrogen and oxygen atoms in total. The van der Waals surface area contributed by atoms with Crippen LogP contribution in [0.1, 0.15) is 27.2 Å². The molecule has 1 rings (SSSR count). The maximum atomic E-state index is 13.2. The van der Waals surface area contributed by atoms with E-state index in [0.717, 1.165) is 6.07 Å². The Labute approximate surface area is 128 Å². The minimum Gasteiger partial charge on any atom is -0.468 e. The summed E-state index contributed by atoms with van der Waals surface area (Å²) in [6.45, 7) is 6.26. The first-order chi connectivity index (χ1) is 9.82. The van der Waals surface area contributed by atoms with Gasteiger partial charge in [-0.05, 0) is 38.1 Å². The SMILES string of the molecule is CCNC(C)(CC(C)Sc1ccc(F)c(F)c1)C(=O)OC. The van der Waals surface area contributed by atoms with Crippen LogP contribution in [-0.2, 0) is 9.53 Å². The number of ether oxygens (including phenoxy) is 1. The normalized spacial score (nSPS) is 15.3. The standard InChI is InChI=1S/C15H21F2NO2S/c1-5-18-15(3,14(19)20-4)9-10(2)21-11-6-7-12(16)13(17)8-11/h6-8,10,18H,5,9H2,1-4H3. The molecule has 1 aromatic carbocycles. The molecule has 0 radical (unpaired) electrons. The van der Waals surface area contributed by atoms with Crippen molar-refractivity contribution in [3.63, 3.8) is 0 Å². The minimum absolute atomic E-state index is 0.0259. The van der Waals surface area contributed by atoms with Gasteiger partial charge in [0.1, 0.15) is 5.54 Å². The molecular formula is C15H21F2NO2S. The van der Waals surface area contributed by atoms with E-state index < -0.39 is 17.2 Å². The van der Waals surface area contributed by atoms with Crippen LogP contribution in [0, 0.1) is 11.6 Å². The van der Waals surface area contributed by atoms with Gasteiger partial charge in [-0.3, -0.25) is 4.79 Å². The van der Waals surface area contributed by atoms with Gasteiger partial charge in [0.15, 0.2) is 11.6 Å². The van der Waals surface area contributed by atoms with E-state index in [0.29, 0.717) is 17.9 Å². The van der Waals surface area contributed by atoms with E-state index in [1.807, 2.05) is 13.8 Å². The van der Waals surface area contributed by atoms with E-state index in [1.54, 1.807) is 6.92 Å². The van der Waals surface area contributed by atoms with Crippen LogP contribution in [0.25, 0.3) is 0 Å². The van der Waals surface area contributed by atoms with Crippen molar-refractivity contribution in [2.45, 2.75) is 42.9 Å². The molecule has 6 heteroatoms. The fourth-order valence-corrected chi connectivity index (χ4v) is 3.44. The zero-order chi connectivity index (χ0) is 16.0. The molecule has 0 heterocycles. The molecule has 118 valence electrons. The van der Waals surface area contributed by atoms with Crippen LogP contribution in [0.4, 0.5) is 8.78 Å². The Hall–Kier alpha value is -1.14. The van der Waals surface area contributed by atoms with Gasteiger partial charge in [-0.15, -0.1) is 11.8 Å². The Kier molecular flexibility index (Phi) is 6.61. The van der Waals surface area contributed by atoms with Crippen molar-refractivity contribution in [3.8, 4) is 0 Å². The van der Waals surface area contributed by atoms with E-state index in [9.17, 15) is 13.6 Å². The Morgan fingerprint density at radius 2 is 2.10 bits per heavy atom. The number of thioether (sulfide) groups is 1. The number of methoxy groups -OCH3 is 1. The second-order valence-electron chi connectivity index (χ2n) is 5.06. The average Bonchev–Trinajstić information content (AvgIpc) is 2.42. The first kappa shape index (κ1) is 17.9. The highest BCUT2D eigenvalue weighted by atomic mass is 32.2. The van der Waals surface area contributed by atoms with Crippen molar-refractivity contribution in [3.05, 3.63) is 29.8 Å². The number of hydrogen-bond acceptors (Lipinski definition) is 4. The third-order valence-electron chi connectivity index (χ3n) is 3.13. The molecule has 2 atom stereocenters. The molecule has 1 aromatic rings. The zero-order valence-corrected chi connectivity index (χ0v) is 13.5. The predicted molar refractivity (Wildman–Crippen MR) is 80.4 cm³/mol. The quantitative estimate of drug-likeness (QED) is 0.618. The highest BCUT2D eigenvalue weighted by Gasteiger charge is 2.35. The summed E-state index contributed by atoms with van der Waals surface area (Å²) in [5, 5.41) is 3.15. The van der Waals surface area contributed by atoms with Crippen molar-refractivity contribution in [2.75, 3.05) is 13.7 Å². The molecule has 0 saturated heterocycles. The van der Waals surface area contributed by atoms with Crippen molar-refractivity contribution < 1.29 is 18.3 Å². The van der Waals surface area contributed by atoms with Crippen LogP contribution in [-0.4, -0.2) is 30.4 Å². The fourth-order valence-electron chi connectivity index (χ4n) is 2.24. The molecule has 0 spiro atoms. The number of carbonyl (C=O) groups excluding carboxylic acids is 1. The Bertz CT molecular complexity index is 499. The molecule has 0 aliphatic heterocycles. The van der Waals surface area contributed by atoms with Crippen LogP contribution in [0.5, 0.6) is 0 Å². The summed E-state index contributed by atoms with van der Waals surface area (Å²) < 4.78 is 30.9. The largest absolute Gasteiger partial charge is 0.468 e. The van der Waals surface area contributed by atoms with Gasteiger partial charge < -0.3 is 10.1 Å².